The second-order valence-corrected chi connectivity index (χ2v) is 30.7. The van der Waals surface area contributed by atoms with Gasteiger partial charge in [-0.05, 0) is 146 Å². The number of thiazole rings is 1. The summed E-state index contributed by atoms with van der Waals surface area (Å²) in [5.41, 5.74) is 4.37. The molecule has 4 aliphatic carbocycles. The third kappa shape index (κ3) is 13.3. The predicted octanol–water partition coefficient (Wildman–Crippen LogP) is 5.67. The highest BCUT2D eigenvalue weighted by Gasteiger charge is 2.84. The number of carboxylic acid groups (broad SMARTS) is 2. The van der Waals surface area contributed by atoms with E-state index in [0.29, 0.717) is 84.9 Å². The van der Waals surface area contributed by atoms with Crippen molar-refractivity contribution in [3.8, 4) is 16.9 Å². The van der Waals surface area contributed by atoms with Crippen LogP contribution in [0.15, 0.2) is 91.1 Å². The van der Waals surface area contributed by atoms with E-state index < -0.39 is 108 Å². The maximum absolute atomic E-state index is 14.2. The number of aryl methyl sites for hydroxylation is 1. The minimum atomic E-state index is -4.60. The Labute approximate surface area is 572 Å². The summed E-state index contributed by atoms with van der Waals surface area (Å²) in [6.07, 6.45) is -0.205. The average molecular weight is 1400 g/mol. The van der Waals surface area contributed by atoms with E-state index in [4.69, 9.17) is 29.0 Å². The number of para-hydroxylation sites is 1. The third-order valence-corrected chi connectivity index (χ3v) is 23.1. The largest absolute Gasteiger partial charge is 0.479 e. The van der Waals surface area contributed by atoms with Crippen molar-refractivity contribution in [2.75, 3.05) is 55.3 Å². The summed E-state index contributed by atoms with van der Waals surface area (Å²) in [6, 6.07) is 21.6. The average Bonchev–Trinajstić information content (AvgIpc) is 1.46. The molecule has 1 spiro atoms. The number of benzene rings is 3. The maximum Gasteiger partial charge on any atom is 0.410 e. The molecule has 524 valence electrons. The molecule has 4 saturated carbocycles. The van der Waals surface area contributed by atoms with Gasteiger partial charge in [-0.3, -0.25) is 38.6 Å². The lowest BCUT2D eigenvalue weighted by atomic mass is 9.40. The summed E-state index contributed by atoms with van der Waals surface area (Å²) < 4.78 is 61.6. The van der Waals surface area contributed by atoms with Gasteiger partial charge in [0.2, 0.25) is 12.2 Å². The third-order valence-electron chi connectivity index (χ3n) is 21.5. The van der Waals surface area contributed by atoms with Gasteiger partial charge in [0, 0.05) is 79.4 Å². The van der Waals surface area contributed by atoms with E-state index in [2.05, 4.69) is 29.5 Å². The van der Waals surface area contributed by atoms with Crippen LogP contribution in [0.25, 0.3) is 21.3 Å². The number of aromatic carboxylic acids is 1. The molecule has 3 aromatic heterocycles. The zero-order valence-corrected chi connectivity index (χ0v) is 56.3. The van der Waals surface area contributed by atoms with Crippen LogP contribution in [0.5, 0.6) is 5.75 Å². The Kier molecular flexibility index (Phi) is 18.3. The second kappa shape index (κ2) is 26.4. The Bertz CT molecular complexity index is 4360. The van der Waals surface area contributed by atoms with Crippen LogP contribution in [0.4, 0.5) is 15.7 Å². The summed E-state index contributed by atoms with van der Waals surface area (Å²) in [6.45, 7) is 6.48. The first-order valence-electron chi connectivity index (χ1n) is 32.9. The Morgan fingerprint density at radius 3 is 2.38 bits per heavy atom. The van der Waals surface area contributed by atoms with Crippen LogP contribution in [0.2, 0.25) is 0 Å². The number of amides is 5. The number of hydrogen-bond acceptors (Lipinski definition) is 21. The number of anilines is 2. The fourth-order valence-electron chi connectivity index (χ4n) is 17.4. The lowest BCUT2D eigenvalue weighted by Crippen LogP contribution is -2.61. The molecule has 8 N–H and O–H groups in total. The van der Waals surface area contributed by atoms with Crippen molar-refractivity contribution in [1.29, 1.82) is 0 Å². The summed E-state index contributed by atoms with van der Waals surface area (Å²) in [7, 11) is -4.60. The zero-order valence-electron chi connectivity index (χ0n) is 54.6. The highest BCUT2D eigenvalue weighted by molar-refractivity contribution is 7.85. The molecular formula is C69H77N9O19S2. The van der Waals surface area contributed by atoms with Crippen molar-refractivity contribution in [1.82, 2.24) is 34.9 Å². The number of nitrogens with zero attached hydrogens (tertiary/aromatic N) is 7. The number of imide groups is 1. The first-order chi connectivity index (χ1) is 47.1. The van der Waals surface area contributed by atoms with Crippen molar-refractivity contribution in [3.63, 3.8) is 0 Å². The molecule has 28 nitrogen and oxygen atoms in total. The molecule has 3 bridgehead atoms. The highest BCUT2D eigenvalue weighted by atomic mass is 32.2. The van der Waals surface area contributed by atoms with E-state index in [1.54, 1.807) is 24.4 Å². The topological polar surface area (TPSA) is 389 Å². The first-order valence-corrected chi connectivity index (χ1v) is 35.3. The monoisotopic (exact) mass is 1400 g/mol. The minimum Gasteiger partial charge on any atom is -0.479 e. The number of pyridine rings is 1. The molecule has 5 unspecified atom stereocenters. The lowest BCUT2D eigenvalue weighted by molar-refractivity contribution is -0.271. The summed E-state index contributed by atoms with van der Waals surface area (Å²) >= 11 is 1.39. The van der Waals surface area contributed by atoms with Gasteiger partial charge in [-0.1, -0.05) is 61.6 Å². The maximum atomic E-state index is 14.2. The standard InChI is InChI=1S/C69H77N9O19S2/c1-39-45(43-16-17-50(73-54(43)60(86)87)76-22-20-41-10-8-11-44(46(41)29-76)59(85)74-63-72-47-12-4-5-13-49(47)98-63)28-71-78(39)38-67-33-65(2)32-66(3)34-68(35-67,37-69(65,66)36-67)95-25-23-75(24-26-99(91,92)93)64(90)94-31-42-15-14-40(9-6-7-21-70-51(79)30-77-52(80)18-19-53(77)81)27-48(42)96-62-57(84)55(82)56(83)58(97-62)61(88)89/h4-5,8,10-19,27-28,55-58,62,82-84H,6-7,9,20-26,29-38H2,1-3H3,(H,70,79)(H,86,87)(H,88,89)(H,72,74,85)(H,91,92,93)/t55-,56-,57+,58-,62+,65?,66?,67?,68?,69?/m0/s1. The highest BCUT2D eigenvalue weighted by Crippen LogP contribution is 2.89. The summed E-state index contributed by atoms with van der Waals surface area (Å²) in [5.74, 6) is -5.34. The van der Waals surface area contributed by atoms with E-state index in [1.807, 2.05) is 59.0 Å². The van der Waals surface area contributed by atoms with Crippen LogP contribution in [0.1, 0.15) is 114 Å². The van der Waals surface area contributed by atoms with Gasteiger partial charge in [0.1, 0.15) is 43.0 Å². The molecule has 3 aromatic carbocycles. The van der Waals surface area contributed by atoms with Crippen LogP contribution in [0, 0.1) is 28.6 Å². The Morgan fingerprint density at radius 2 is 1.63 bits per heavy atom. The van der Waals surface area contributed by atoms with Gasteiger partial charge in [-0.2, -0.15) is 13.5 Å². The number of carboxylic acids is 2. The van der Waals surface area contributed by atoms with E-state index in [1.165, 1.54) is 23.5 Å². The van der Waals surface area contributed by atoms with Crippen LogP contribution >= 0.6 is 11.3 Å². The number of unbranched alkanes of at least 4 members (excludes halogenated alkanes) is 1. The lowest BCUT2D eigenvalue weighted by Gasteiger charge is -2.64. The number of aliphatic hydroxyl groups is 3. The Morgan fingerprint density at radius 1 is 0.848 bits per heavy atom. The quantitative estimate of drug-likeness (QED) is 0.0184. The number of aliphatic carboxylic acids is 1. The van der Waals surface area contributed by atoms with E-state index in [9.17, 15) is 72.1 Å². The predicted molar refractivity (Wildman–Crippen MR) is 355 cm³/mol. The van der Waals surface area contributed by atoms with Crippen LogP contribution in [0.3, 0.4) is 0 Å². The number of aromatic nitrogens is 4. The Hall–Kier alpha value is -8.75. The van der Waals surface area contributed by atoms with Crippen LogP contribution in [-0.4, -0.2) is 191 Å². The van der Waals surface area contributed by atoms with Gasteiger partial charge in [-0.25, -0.2) is 24.4 Å². The molecule has 7 aliphatic rings. The molecule has 5 fully saturated rings. The molecule has 99 heavy (non-hydrogen) atoms. The van der Waals surface area contributed by atoms with E-state index >= 15 is 0 Å². The number of carbonyl (C=O) groups is 7. The van der Waals surface area contributed by atoms with Gasteiger partial charge < -0.3 is 59.6 Å². The Balaban J connectivity index is 0.680. The molecule has 5 amide bonds. The SMILES string of the molecule is Cc1c(-c2ccc(N3CCc4cccc(C(=O)Nc5nc6ccccc6s5)c4C3)nc2C(=O)O)cnn1CC12CC3(OCCN(CCS(=O)(=O)O)C(=O)OCc4ccc(CCCCNC(=O)CN5C(=O)C=CC5=O)cc4O[C@@H]4O[C@H](C(=O)O)[C@@H](O)[C@H](O)[C@H]4O)CC4(C)CC(C)(C1)C4(C2)C3. The number of aliphatic hydroxyl groups excluding tert-OH is 3. The van der Waals surface area contributed by atoms with Gasteiger partial charge >= 0.3 is 18.0 Å². The van der Waals surface area contributed by atoms with Crippen molar-refractivity contribution < 1.29 is 91.0 Å². The normalized spacial score (nSPS) is 27.2. The van der Waals surface area contributed by atoms with Crippen molar-refractivity contribution in [3.05, 3.63) is 130 Å². The molecule has 0 radical (unpaired) electrons. The second-order valence-electron chi connectivity index (χ2n) is 28.0. The zero-order chi connectivity index (χ0) is 70.1. The van der Waals surface area contributed by atoms with E-state index in [-0.39, 0.29) is 64.3 Å². The smallest absolute Gasteiger partial charge is 0.410 e. The molecule has 6 heterocycles. The molecule has 3 aliphatic heterocycles. The first kappa shape index (κ1) is 68.8. The number of ether oxygens (including phenoxy) is 4. The molecule has 13 rings (SSSR count). The van der Waals surface area contributed by atoms with Crippen LogP contribution in [-0.2, 0) is 76.0 Å². The number of fused-ring (bicyclic) bond motifs is 4. The minimum absolute atomic E-state index is 0.0231. The number of nitrogens with one attached hydrogen (secondary N) is 2. The van der Waals surface area contributed by atoms with Crippen molar-refractivity contribution in [2.24, 2.45) is 21.7 Å². The number of rotatable bonds is 26. The van der Waals surface area contributed by atoms with Crippen molar-refractivity contribution in [2.45, 2.75) is 141 Å². The number of carbonyl (C=O) groups excluding carboxylic acids is 5. The fourth-order valence-corrected chi connectivity index (χ4v) is 18.7. The van der Waals surface area contributed by atoms with Gasteiger partial charge in [0.05, 0.1) is 34.4 Å². The molecule has 10 atom stereocenters. The molecule has 30 heteroatoms. The molecule has 1 saturated heterocycles. The van der Waals surface area contributed by atoms with Crippen molar-refractivity contribution >= 4 is 84.3 Å². The van der Waals surface area contributed by atoms with Gasteiger partial charge in [0.15, 0.2) is 16.9 Å². The fraction of sp³-hybridized carbons (Fsp3) is 0.478. The molecular weight excluding hydrogens is 1320 g/mol. The molecule has 6 aromatic rings. The van der Waals surface area contributed by atoms with Gasteiger partial charge in [-0.15, -0.1) is 0 Å². The van der Waals surface area contributed by atoms with E-state index in [0.717, 1.165) is 81.1 Å². The van der Waals surface area contributed by atoms with Gasteiger partial charge in [0.25, 0.3) is 27.8 Å². The summed E-state index contributed by atoms with van der Waals surface area (Å²) in [4.78, 5) is 103. The van der Waals surface area contributed by atoms with Crippen LogP contribution < -0.4 is 20.3 Å². The number of hydrogen-bond donors (Lipinski definition) is 8. The summed E-state index contributed by atoms with van der Waals surface area (Å²) in [5, 5.41) is 63.6.